The average molecular weight is 261 g/mol. The fourth-order valence-electron chi connectivity index (χ4n) is 1.38. The first kappa shape index (κ1) is 13.8. The number of alkyl halides is 6. The van der Waals surface area contributed by atoms with Crippen LogP contribution in [0.5, 0.6) is 0 Å². The normalized spacial score (nSPS) is 12.9. The highest BCUT2D eigenvalue weighted by molar-refractivity contribution is 5.40. The third-order valence-corrected chi connectivity index (χ3v) is 2.05. The van der Waals surface area contributed by atoms with Crippen LogP contribution in [0.2, 0.25) is 0 Å². The molecule has 0 spiro atoms. The van der Waals surface area contributed by atoms with Gasteiger partial charge in [0.1, 0.15) is 5.82 Å². The third-order valence-electron chi connectivity index (χ3n) is 2.05. The van der Waals surface area contributed by atoms with Crippen molar-refractivity contribution in [1.82, 2.24) is 0 Å². The molecule has 0 aliphatic heterocycles. The van der Waals surface area contributed by atoms with E-state index in [1.54, 1.807) is 0 Å². The van der Waals surface area contributed by atoms with Crippen molar-refractivity contribution in [1.29, 1.82) is 0 Å². The van der Waals surface area contributed by atoms with Crippen LogP contribution in [0.15, 0.2) is 12.1 Å². The van der Waals surface area contributed by atoms with Gasteiger partial charge in [-0.15, -0.1) is 0 Å². The van der Waals surface area contributed by atoms with Gasteiger partial charge in [0.25, 0.3) is 0 Å². The predicted molar refractivity (Wildman–Crippen MR) is 44.3 cm³/mol. The van der Waals surface area contributed by atoms with Gasteiger partial charge in [-0.25, -0.2) is 4.39 Å². The summed E-state index contributed by atoms with van der Waals surface area (Å²) in [7, 11) is 0. The highest BCUT2D eigenvalue weighted by atomic mass is 19.4. The highest BCUT2D eigenvalue weighted by Crippen LogP contribution is 2.42. The molecule has 1 aromatic carbocycles. The van der Waals surface area contributed by atoms with Crippen LogP contribution in [-0.2, 0) is 18.9 Å². The molecule has 1 rings (SSSR count). The van der Waals surface area contributed by atoms with Gasteiger partial charge in [0, 0.05) is 12.1 Å². The summed E-state index contributed by atoms with van der Waals surface area (Å²) in [6, 6.07) is 0.373. The molecule has 17 heavy (non-hydrogen) atoms. The molecule has 0 aliphatic carbocycles. The van der Waals surface area contributed by atoms with E-state index in [9.17, 15) is 30.7 Å². The SMILES string of the molecule is NCc1c(F)ccc(C(F)(F)F)c1C(F)(F)F. The number of nitrogens with two attached hydrogens (primary N) is 1. The van der Waals surface area contributed by atoms with Crippen LogP contribution in [0.25, 0.3) is 0 Å². The van der Waals surface area contributed by atoms with Crippen molar-refractivity contribution in [3.63, 3.8) is 0 Å². The third kappa shape index (κ3) is 2.68. The lowest BCUT2D eigenvalue weighted by molar-refractivity contribution is -0.162. The maximum atomic E-state index is 13.0. The van der Waals surface area contributed by atoms with E-state index in [1.165, 1.54) is 0 Å². The molecular weight excluding hydrogens is 255 g/mol. The minimum atomic E-state index is -5.32. The van der Waals surface area contributed by atoms with E-state index in [4.69, 9.17) is 5.73 Å². The molecule has 0 fully saturated rings. The van der Waals surface area contributed by atoms with Crippen molar-refractivity contribution in [2.24, 2.45) is 5.73 Å². The van der Waals surface area contributed by atoms with Gasteiger partial charge in [-0.3, -0.25) is 0 Å². The van der Waals surface area contributed by atoms with Gasteiger partial charge in [0.2, 0.25) is 0 Å². The Hall–Kier alpha value is -1.31. The van der Waals surface area contributed by atoms with Crippen LogP contribution in [0.3, 0.4) is 0 Å². The first-order valence-corrected chi connectivity index (χ1v) is 4.25. The Balaban J connectivity index is 3.64. The molecule has 2 N–H and O–H groups in total. The minimum absolute atomic E-state index is 0.0529. The van der Waals surface area contributed by atoms with E-state index in [-0.39, 0.29) is 6.07 Å². The zero-order valence-corrected chi connectivity index (χ0v) is 8.08. The molecule has 0 saturated carbocycles. The van der Waals surface area contributed by atoms with Crippen molar-refractivity contribution in [3.8, 4) is 0 Å². The van der Waals surface area contributed by atoms with E-state index < -0.39 is 41.4 Å². The van der Waals surface area contributed by atoms with Gasteiger partial charge in [-0.1, -0.05) is 0 Å². The van der Waals surface area contributed by atoms with Crippen LogP contribution in [0.1, 0.15) is 16.7 Å². The summed E-state index contributed by atoms with van der Waals surface area (Å²) in [6.07, 6.45) is -10.5. The first-order chi connectivity index (χ1) is 7.59. The molecule has 1 nitrogen and oxygen atoms in total. The average Bonchev–Trinajstić information content (AvgIpc) is 2.13. The molecule has 96 valence electrons. The van der Waals surface area contributed by atoms with Gasteiger partial charge in [-0.2, -0.15) is 26.3 Å². The lowest BCUT2D eigenvalue weighted by Gasteiger charge is -2.18. The zero-order chi connectivity index (χ0) is 13.4. The summed E-state index contributed by atoms with van der Waals surface area (Å²) in [5, 5.41) is 0. The number of hydrogen-bond acceptors (Lipinski definition) is 1. The molecule has 8 heteroatoms. The van der Waals surface area contributed by atoms with Gasteiger partial charge < -0.3 is 5.73 Å². The van der Waals surface area contributed by atoms with Crippen molar-refractivity contribution >= 4 is 0 Å². The molecule has 0 atom stereocenters. The van der Waals surface area contributed by atoms with E-state index in [0.717, 1.165) is 0 Å². The van der Waals surface area contributed by atoms with Crippen molar-refractivity contribution in [2.45, 2.75) is 18.9 Å². The summed E-state index contributed by atoms with van der Waals surface area (Å²) in [4.78, 5) is 0. The summed E-state index contributed by atoms with van der Waals surface area (Å²) >= 11 is 0. The minimum Gasteiger partial charge on any atom is -0.326 e. The van der Waals surface area contributed by atoms with Gasteiger partial charge in [0.15, 0.2) is 0 Å². The standard InChI is InChI=1S/C9H6F7N/c10-6-2-1-5(8(11,12)13)7(4(6)3-17)9(14,15)16/h1-2H,3,17H2. The summed E-state index contributed by atoms with van der Waals surface area (Å²) in [5.74, 6) is -1.41. The van der Waals surface area contributed by atoms with Crippen LogP contribution in [0.4, 0.5) is 30.7 Å². The topological polar surface area (TPSA) is 26.0 Å². The van der Waals surface area contributed by atoms with Crippen LogP contribution in [0, 0.1) is 5.82 Å². The Labute approximate surface area is 91.0 Å². The smallest absolute Gasteiger partial charge is 0.326 e. The molecular formula is C9H6F7N. The lowest BCUT2D eigenvalue weighted by Crippen LogP contribution is -2.21. The quantitative estimate of drug-likeness (QED) is 0.771. The maximum Gasteiger partial charge on any atom is 0.417 e. The van der Waals surface area contributed by atoms with E-state index in [2.05, 4.69) is 0 Å². The zero-order valence-electron chi connectivity index (χ0n) is 8.08. The molecule has 0 aliphatic rings. The highest BCUT2D eigenvalue weighted by Gasteiger charge is 2.45. The van der Waals surface area contributed by atoms with Crippen molar-refractivity contribution in [2.75, 3.05) is 0 Å². The monoisotopic (exact) mass is 261 g/mol. The fraction of sp³-hybridized carbons (Fsp3) is 0.333. The Kier molecular flexibility index (Phi) is 3.37. The number of hydrogen-bond donors (Lipinski definition) is 1. The molecule has 1 aromatic rings. The number of rotatable bonds is 1. The Morgan fingerprint density at radius 2 is 1.47 bits per heavy atom. The summed E-state index contributed by atoms with van der Waals surface area (Å²) in [5.41, 5.74) is -0.335. The van der Waals surface area contributed by atoms with Crippen LogP contribution >= 0.6 is 0 Å². The Morgan fingerprint density at radius 1 is 0.941 bits per heavy atom. The molecule has 0 heterocycles. The van der Waals surface area contributed by atoms with Crippen molar-refractivity contribution in [3.05, 3.63) is 34.6 Å². The summed E-state index contributed by atoms with van der Waals surface area (Å²) < 4.78 is 87.5. The predicted octanol–water partition coefficient (Wildman–Crippen LogP) is 3.32. The molecule has 0 unspecified atom stereocenters. The van der Waals surface area contributed by atoms with Gasteiger partial charge in [0.05, 0.1) is 11.1 Å². The van der Waals surface area contributed by atoms with Crippen molar-refractivity contribution < 1.29 is 30.7 Å². The second-order valence-corrected chi connectivity index (χ2v) is 3.15. The lowest BCUT2D eigenvalue weighted by atomic mass is 9.99. The Bertz CT molecular complexity index is 419. The molecule has 0 saturated heterocycles. The Morgan fingerprint density at radius 3 is 1.82 bits per heavy atom. The second-order valence-electron chi connectivity index (χ2n) is 3.15. The second kappa shape index (κ2) is 4.17. The van der Waals surface area contributed by atoms with Gasteiger partial charge >= 0.3 is 12.4 Å². The summed E-state index contributed by atoms with van der Waals surface area (Å²) in [6.45, 7) is -0.968. The van der Waals surface area contributed by atoms with Crippen LogP contribution < -0.4 is 5.73 Å². The first-order valence-electron chi connectivity index (χ1n) is 4.25. The van der Waals surface area contributed by atoms with E-state index >= 15 is 0 Å². The fourth-order valence-corrected chi connectivity index (χ4v) is 1.38. The molecule has 0 aromatic heterocycles. The van der Waals surface area contributed by atoms with Gasteiger partial charge in [-0.05, 0) is 12.1 Å². The maximum absolute atomic E-state index is 13.0. The number of halogens is 7. The van der Waals surface area contributed by atoms with E-state index in [1.807, 2.05) is 0 Å². The molecule has 0 radical (unpaired) electrons. The molecule has 0 amide bonds. The largest absolute Gasteiger partial charge is 0.417 e. The van der Waals surface area contributed by atoms with E-state index in [0.29, 0.717) is 6.07 Å². The molecule has 0 bridgehead atoms. The number of benzene rings is 1. The van der Waals surface area contributed by atoms with Crippen LogP contribution in [-0.4, -0.2) is 0 Å².